The summed E-state index contributed by atoms with van der Waals surface area (Å²) in [5.74, 6) is 1.48. The highest BCUT2D eigenvalue weighted by atomic mass is 35.5. The van der Waals surface area contributed by atoms with Crippen molar-refractivity contribution < 1.29 is 8.42 Å². The molecule has 0 aliphatic heterocycles. The first-order chi connectivity index (χ1) is 20.5. The van der Waals surface area contributed by atoms with Crippen molar-refractivity contribution in [2.45, 2.75) is 84.0 Å². The molecule has 0 radical (unpaired) electrons. The third kappa shape index (κ3) is 10.0. The van der Waals surface area contributed by atoms with E-state index in [4.69, 9.17) is 34.7 Å². The number of aryl methyl sites for hydroxylation is 2. The highest BCUT2D eigenvalue weighted by Crippen LogP contribution is 2.30. The normalized spacial score (nSPS) is 11.3. The summed E-state index contributed by atoms with van der Waals surface area (Å²) in [6.45, 7) is 12.6. The van der Waals surface area contributed by atoms with Gasteiger partial charge in [-0.15, -0.1) is 0 Å². The Labute approximate surface area is 282 Å². The molecule has 0 aliphatic carbocycles. The summed E-state index contributed by atoms with van der Waals surface area (Å²) in [6.07, 6.45) is 7.48. The molecule has 244 valence electrons. The number of thioether (sulfide) groups is 1. The fraction of sp³-hybridized carbons (Fsp3) is 0.394. The maximum atomic E-state index is 11.5. The Bertz CT molecular complexity index is 1760. The number of nitrogen functional groups attached to an aromatic ring is 2. The number of sulfone groups is 1. The van der Waals surface area contributed by atoms with E-state index in [0.29, 0.717) is 46.2 Å². The van der Waals surface area contributed by atoms with Crippen molar-refractivity contribution in [3.05, 3.63) is 91.2 Å². The number of aromatic nitrogens is 4. The smallest absolute Gasteiger partial charge is 0.248 e. The molecule has 2 heterocycles. The van der Waals surface area contributed by atoms with Crippen LogP contribution in [0, 0.1) is 13.8 Å². The third-order valence-electron chi connectivity index (χ3n) is 7.11. The molecular weight excluding hydrogens is 647 g/mol. The van der Waals surface area contributed by atoms with Gasteiger partial charge in [0.1, 0.15) is 11.6 Å². The lowest BCUT2D eigenvalue weighted by Crippen LogP contribution is -2.09. The summed E-state index contributed by atoms with van der Waals surface area (Å²) < 4.78 is 23.0. The zero-order valence-electron chi connectivity index (χ0n) is 26.4. The minimum Gasteiger partial charge on any atom is -0.383 e. The van der Waals surface area contributed by atoms with Gasteiger partial charge in [0.15, 0.2) is 5.16 Å². The monoisotopic (exact) mass is 690 g/mol. The van der Waals surface area contributed by atoms with E-state index in [0.717, 1.165) is 33.5 Å². The summed E-state index contributed by atoms with van der Waals surface area (Å²) in [7, 11) is -3.47. The quantitative estimate of drug-likeness (QED) is 0.138. The number of hydrogen-bond donors (Lipinski definition) is 2. The van der Waals surface area contributed by atoms with Crippen molar-refractivity contribution >= 4 is 56.4 Å². The Balaban J connectivity index is 0.000000308. The number of rotatable bonds is 8. The van der Waals surface area contributed by atoms with E-state index in [1.54, 1.807) is 0 Å². The number of anilines is 2. The maximum absolute atomic E-state index is 11.5. The Morgan fingerprint density at radius 2 is 1.18 bits per heavy atom. The molecule has 0 spiro atoms. The van der Waals surface area contributed by atoms with Crippen LogP contribution in [-0.4, -0.2) is 40.9 Å². The van der Waals surface area contributed by atoms with Crippen LogP contribution in [0.25, 0.3) is 0 Å². The lowest BCUT2D eigenvalue weighted by atomic mass is 9.92. The zero-order chi connectivity index (χ0) is 32.9. The molecule has 0 aliphatic rings. The summed E-state index contributed by atoms with van der Waals surface area (Å²) in [5, 5.41) is 1.92. The number of nitrogens with two attached hydrogens (primary N) is 2. The molecule has 0 saturated carbocycles. The first-order valence-electron chi connectivity index (χ1n) is 14.1. The van der Waals surface area contributed by atoms with Gasteiger partial charge < -0.3 is 11.5 Å². The van der Waals surface area contributed by atoms with Gasteiger partial charge in [0, 0.05) is 52.7 Å². The van der Waals surface area contributed by atoms with E-state index < -0.39 is 9.84 Å². The van der Waals surface area contributed by atoms with Crippen LogP contribution in [0.15, 0.2) is 47.0 Å². The second-order valence-corrected chi connectivity index (χ2v) is 14.9. The molecule has 0 unspecified atom stereocenters. The Kier molecular flexibility index (Phi) is 13.7. The van der Waals surface area contributed by atoms with E-state index in [-0.39, 0.29) is 18.4 Å². The molecule has 45 heavy (non-hydrogen) atoms. The Morgan fingerprint density at radius 1 is 0.756 bits per heavy atom. The number of benzene rings is 2. The fourth-order valence-electron chi connectivity index (χ4n) is 4.64. The second kappa shape index (κ2) is 16.1. The minimum atomic E-state index is -3.47. The van der Waals surface area contributed by atoms with Gasteiger partial charge in [-0.2, -0.15) is 0 Å². The van der Waals surface area contributed by atoms with Gasteiger partial charge in [-0.05, 0) is 77.5 Å². The third-order valence-corrected chi connectivity index (χ3v) is 9.35. The van der Waals surface area contributed by atoms with Crippen LogP contribution in [0.4, 0.5) is 11.6 Å². The molecule has 0 fully saturated rings. The highest BCUT2D eigenvalue weighted by Gasteiger charge is 2.16. The topological polar surface area (TPSA) is 138 Å². The number of nitrogens with zero attached hydrogens (tertiary/aromatic N) is 4. The molecule has 12 heteroatoms. The maximum Gasteiger partial charge on any atom is 0.248 e. The highest BCUT2D eigenvalue weighted by molar-refractivity contribution is 7.98. The summed E-state index contributed by atoms with van der Waals surface area (Å²) in [6, 6.07) is 8.20. The van der Waals surface area contributed by atoms with Gasteiger partial charge in [-0.3, -0.25) is 0 Å². The van der Waals surface area contributed by atoms with E-state index in [9.17, 15) is 8.42 Å². The lowest BCUT2D eigenvalue weighted by molar-refractivity contribution is 0.593. The number of hydrogen-bond acceptors (Lipinski definition) is 9. The molecule has 2 aromatic carbocycles. The van der Waals surface area contributed by atoms with E-state index in [1.165, 1.54) is 34.6 Å². The summed E-state index contributed by atoms with van der Waals surface area (Å²) >= 11 is 14.0. The van der Waals surface area contributed by atoms with Gasteiger partial charge in [0.05, 0.1) is 0 Å². The van der Waals surface area contributed by atoms with Crippen LogP contribution in [0.3, 0.4) is 0 Å². The van der Waals surface area contributed by atoms with Crippen molar-refractivity contribution in [2.75, 3.05) is 24.0 Å². The van der Waals surface area contributed by atoms with Crippen molar-refractivity contribution in [2.24, 2.45) is 0 Å². The van der Waals surface area contributed by atoms with Gasteiger partial charge >= 0.3 is 0 Å². The van der Waals surface area contributed by atoms with Crippen LogP contribution in [0.1, 0.15) is 91.5 Å². The first kappa shape index (κ1) is 38.3. The van der Waals surface area contributed by atoms with Gasteiger partial charge in [-0.25, -0.2) is 28.4 Å². The molecule has 8 nitrogen and oxygen atoms in total. The summed E-state index contributed by atoms with van der Waals surface area (Å²) in [5.41, 5.74) is 20.4. The predicted molar refractivity (Wildman–Crippen MR) is 191 cm³/mol. The molecular formula is C33H44Cl2N6O2S2. The standard InChI is InChI=1S/C16H20ClN3O2S.C16H20ClN3S.CH4/c1-9(2)13-5-10(3)14(17)7-11(13)6-12-8-19-16(20-15(12)18)23(4,21)22;1-9(2)13-5-10(3)14(17)7-11(13)6-12-8-19-16(21-4)20-15(12)18;/h5,7-9H,6H2,1-4H3,(H2,18,19,20);5,7-9H,6H2,1-4H3,(H2,18,19,20);1H4. The Hall–Kier alpha value is -2.92. The van der Waals surface area contributed by atoms with E-state index >= 15 is 0 Å². The second-order valence-electron chi connectivity index (χ2n) is 11.4. The lowest BCUT2D eigenvalue weighted by Gasteiger charge is -2.16. The van der Waals surface area contributed by atoms with Crippen molar-refractivity contribution in [3.63, 3.8) is 0 Å². The molecule has 4 rings (SSSR count). The average molecular weight is 692 g/mol. The van der Waals surface area contributed by atoms with Crippen molar-refractivity contribution in [3.8, 4) is 0 Å². The number of halogens is 2. The largest absolute Gasteiger partial charge is 0.383 e. The van der Waals surface area contributed by atoms with Crippen LogP contribution in [-0.2, 0) is 22.7 Å². The van der Waals surface area contributed by atoms with Crippen LogP contribution in [0.2, 0.25) is 10.0 Å². The zero-order valence-corrected chi connectivity index (χ0v) is 29.5. The molecule has 0 saturated heterocycles. The first-order valence-corrected chi connectivity index (χ1v) is 17.9. The SMILES string of the molecule is C.CSc1ncc(Cc2cc(Cl)c(C)cc2C(C)C)c(N)n1.Cc1cc(C(C)C)c(Cc2cnc(S(C)(=O)=O)nc2N)cc1Cl. The molecule has 2 aromatic heterocycles. The minimum absolute atomic E-state index is 0. The van der Waals surface area contributed by atoms with Crippen molar-refractivity contribution in [1.29, 1.82) is 0 Å². The molecule has 0 bridgehead atoms. The van der Waals surface area contributed by atoms with Gasteiger partial charge in [0.2, 0.25) is 15.0 Å². The van der Waals surface area contributed by atoms with Crippen LogP contribution < -0.4 is 11.5 Å². The van der Waals surface area contributed by atoms with E-state index in [1.807, 2.05) is 38.4 Å². The predicted octanol–water partition coefficient (Wildman–Crippen LogP) is 8.23. The van der Waals surface area contributed by atoms with Crippen LogP contribution >= 0.6 is 35.0 Å². The van der Waals surface area contributed by atoms with Crippen LogP contribution in [0.5, 0.6) is 0 Å². The van der Waals surface area contributed by atoms with Gasteiger partial charge in [-0.1, -0.05) is 82.2 Å². The fourth-order valence-corrected chi connectivity index (χ4v) is 5.87. The molecule has 0 atom stereocenters. The summed E-state index contributed by atoms with van der Waals surface area (Å²) in [4.78, 5) is 16.4. The van der Waals surface area contributed by atoms with Crippen molar-refractivity contribution in [1.82, 2.24) is 19.9 Å². The molecule has 0 amide bonds. The average Bonchev–Trinajstić information content (AvgIpc) is 2.94. The van der Waals surface area contributed by atoms with E-state index in [2.05, 4.69) is 59.8 Å². The van der Waals surface area contributed by atoms with Gasteiger partial charge in [0.25, 0.3) is 0 Å². The Morgan fingerprint density at radius 3 is 1.53 bits per heavy atom. The molecule has 4 N–H and O–H groups in total. The molecule has 4 aromatic rings.